The smallest absolute Gasteiger partial charge is 0.168 e. The minimum Gasteiger partial charge on any atom is -0.373 e. The van der Waals surface area contributed by atoms with Gasteiger partial charge in [-0.25, -0.2) is 14.6 Å². The molecular formula is C24H27ClN8. The molecule has 0 bridgehead atoms. The molecule has 4 rings (SSSR count). The predicted molar refractivity (Wildman–Crippen MR) is 136 cm³/mol. The lowest BCUT2D eigenvalue weighted by atomic mass is 10.1. The third-order valence-corrected chi connectivity index (χ3v) is 5.60. The van der Waals surface area contributed by atoms with Gasteiger partial charge in [0.25, 0.3) is 0 Å². The number of anilines is 2. The summed E-state index contributed by atoms with van der Waals surface area (Å²) in [4.78, 5) is 13.1. The van der Waals surface area contributed by atoms with E-state index in [0.717, 1.165) is 35.3 Å². The molecule has 170 valence electrons. The number of rotatable bonds is 8. The van der Waals surface area contributed by atoms with E-state index in [9.17, 15) is 0 Å². The van der Waals surface area contributed by atoms with E-state index < -0.39 is 0 Å². The first-order valence-electron chi connectivity index (χ1n) is 10.6. The van der Waals surface area contributed by atoms with Gasteiger partial charge in [-0.1, -0.05) is 23.7 Å². The molecule has 33 heavy (non-hydrogen) atoms. The van der Waals surface area contributed by atoms with Crippen LogP contribution in [0.2, 0.25) is 5.02 Å². The van der Waals surface area contributed by atoms with Gasteiger partial charge in [0.05, 0.1) is 23.5 Å². The molecule has 0 aliphatic carbocycles. The third-order valence-electron chi connectivity index (χ3n) is 5.37. The fourth-order valence-electron chi connectivity index (χ4n) is 3.41. The fraction of sp³-hybridized carbons (Fsp3) is 0.250. The number of hydrazone groups is 1. The number of benzene rings is 2. The molecule has 0 spiro atoms. The Bertz CT molecular complexity index is 1280. The van der Waals surface area contributed by atoms with E-state index in [1.165, 1.54) is 12.0 Å². The van der Waals surface area contributed by atoms with Crippen molar-refractivity contribution < 1.29 is 0 Å². The highest BCUT2D eigenvalue weighted by Crippen LogP contribution is 2.23. The van der Waals surface area contributed by atoms with Crippen LogP contribution in [-0.4, -0.2) is 65.1 Å². The second kappa shape index (κ2) is 9.97. The number of nitrogens with zero attached hydrogens (tertiary/aromatic N) is 7. The lowest BCUT2D eigenvalue weighted by Crippen LogP contribution is -2.28. The van der Waals surface area contributed by atoms with Crippen LogP contribution in [0.25, 0.3) is 16.7 Å². The third kappa shape index (κ3) is 5.30. The minimum atomic E-state index is 0.585. The second-order valence-electron chi connectivity index (χ2n) is 8.13. The van der Waals surface area contributed by atoms with Crippen molar-refractivity contribution in [3.05, 3.63) is 71.1 Å². The van der Waals surface area contributed by atoms with Crippen molar-refractivity contribution in [3.63, 3.8) is 0 Å². The van der Waals surface area contributed by atoms with Gasteiger partial charge in [-0.05, 0) is 62.5 Å². The summed E-state index contributed by atoms with van der Waals surface area (Å²) in [5.41, 5.74) is 7.91. The van der Waals surface area contributed by atoms with E-state index >= 15 is 0 Å². The fourth-order valence-corrected chi connectivity index (χ4v) is 3.60. The zero-order valence-corrected chi connectivity index (χ0v) is 20.0. The van der Waals surface area contributed by atoms with Crippen LogP contribution in [0.4, 0.5) is 11.5 Å². The van der Waals surface area contributed by atoms with Crippen LogP contribution in [0.5, 0.6) is 0 Å². The van der Waals surface area contributed by atoms with Crippen molar-refractivity contribution in [3.8, 4) is 5.69 Å². The molecule has 0 amide bonds. The van der Waals surface area contributed by atoms with Crippen LogP contribution in [0.3, 0.4) is 0 Å². The zero-order chi connectivity index (χ0) is 23.4. The molecule has 9 heteroatoms. The van der Waals surface area contributed by atoms with Gasteiger partial charge >= 0.3 is 0 Å². The molecule has 0 saturated carbocycles. The topological polar surface area (TPSA) is 74.5 Å². The Morgan fingerprint density at radius 3 is 2.70 bits per heavy atom. The van der Waals surface area contributed by atoms with Gasteiger partial charge in [0, 0.05) is 30.8 Å². The van der Waals surface area contributed by atoms with Gasteiger partial charge < -0.3 is 9.80 Å². The molecule has 1 N–H and O–H groups in total. The molecule has 0 radical (unpaired) electrons. The SMILES string of the molecule is Cc1cc(N(C)CCN(C)C)ccc1C=NNc1ncnc2c1cnn2-c1cccc(Cl)c1. The Morgan fingerprint density at radius 2 is 1.94 bits per heavy atom. The van der Waals surface area contributed by atoms with Gasteiger partial charge in [0.2, 0.25) is 0 Å². The molecule has 4 aromatic rings. The van der Waals surface area contributed by atoms with Crippen LogP contribution in [0.1, 0.15) is 11.1 Å². The maximum Gasteiger partial charge on any atom is 0.168 e. The maximum atomic E-state index is 6.13. The molecule has 2 heterocycles. The largest absolute Gasteiger partial charge is 0.373 e. The lowest BCUT2D eigenvalue weighted by molar-refractivity contribution is 0.416. The first-order valence-corrected chi connectivity index (χ1v) is 11.0. The molecular weight excluding hydrogens is 436 g/mol. The van der Waals surface area contributed by atoms with Crippen molar-refractivity contribution in [2.24, 2.45) is 5.10 Å². The molecule has 0 atom stereocenters. The van der Waals surface area contributed by atoms with Crippen molar-refractivity contribution in [2.45, 2.75) is 6.92 Å². The Kier molecular flexibility index (Phi) is 6.86. The first-order chi connectivity index (χ1) is 15.9. The maximum absolute atomic E-state index is 6.13. The van der Waals surface area contributed by atoms with Crippen molar-refractivity contribution in [2.75, 3.05) is 44.6 Å². The van der Waals surface area contributed by atoms with Crippen LogP contribution in [0.15, 0.2) is 60.1 Å². The summed E-state index contributed by atoms with van der Waals surface area (Å²) in [6.45, 7) is 4.06. The lowest BCUT2D eigenvalue weighted by Gasteiger charge is -2.22. The summed E-state index contributed by atoms with van der Waals surface area (Å²) < 4.78 is 1.73. The Morgan fingerprint density at radius 1 is 1.09 bits per heavy atom. The van der Waals surface area contributed by atoms with E-state index in [1.54, 1.807) is 17.1 Å². The van der Waals surface area contributed by atoms with Crippen LogP contribution in [-0.2, 0) is 0 Å². The highest BCUT2D eigenvalue weighted by atomic mass is 35.5. The molecule has 0 aliphatic rings. The average molecular weight is 463 g/mol. The number of hydrogen-bond donors (Lipinski definition) is 1. The number of nitrogens with one attached hydrogen (secondary N) is 1. The summed E-state index contributed by atoms with van der Waals surface area (Å²) in [7, 11) is 6.27. The second-order valence-corrected chi connectivity index (χ2v) is 8.57. The quantitative estimate of drug-likeness (QED) is 0.312. The average Bonchev–Trinajstić information content (AvgIpc) is 3.23. The van der Waals surface area contributed by atoms with Crippen LogP contribution in [0, 0.1) is 6.92 Å². The monoisotopic (exact) mass is 462 g/mol. The number of likely N-dealkylation sites (N-methyl/N-ethyl adjacent to an activating group) is 2. The predicted octanol–water partition coefficient (Wildman–Crippen LogP) is 4.22. The molecule has 0 saturated heterocycles. The highest BCUT2D eigenvalue weighted by molar-refractivity contribution is 6.30. The molecule has 0 unspecified atom stereocenters. The molecule has 0 fully saturated rings. The van der Waals surface area contributed by atoms with Gasteiger partial charge in [-0.3, -0.25) is 5.43 Å². The molecule has 8 nitrogen and oxygen atoms in total. The van der Waals surface area contributed by atoms with E-state index in [4.69, 9.17) is 11.6 Å². The molecule has 2 aromatic carbocycles. The van der Waals surface area contributed by atoms with E-state index in [-0.39, 0.29) is 0 Å². The normalized spacial score (nSPS) is 11.6. The number of fused-ring (bicyclic) bond motifs is 1. The van der Waals surface area contributed by atoms with E-state index in [1.807, 2.05) is 24.3 Å². The number of halogens is 1. The summed E-state index contributed by atoms with van der Waals surface area (Å²) in [6.07, 6.45) is 5.01. The minimum absolute atomic E-state index is 0.585. The summed E-state index contributed by atoms with van der Waals surface area (Å²) in [5, 5.41) is 10.3. The zero-order valence-electron chi connectivity index (χ0n) is 19.2. The number of hydrogen-bond acceptors (Lipinski definition) is 7. The number of aryl methyl sites for hydroxylation is 1. The Labute approximate surface area is 198 Å². The van der Waals surface area contributed by atoms with Gasteiger partial charge in [-0.15, -0.1) is 0 Å². The van der Waals surface area contributed by atoms with Crippen molar-refractivity contribution >= 4 is 40.4 Å². The summed E-state index contributed by atoms with van der Waals surface area (Å²) in [5.74, 6) is 0.585. The van der Waals surface area contributed by atoms with Gasteiger partial charge in [0.15, 0.2) is 11.5 Å². The van der Waals surface area contributed by atoms with Gasteiger partial charge in [-0.2, -0.15) is 10.2 Å². The highest BCUT2D eigenvalue weighted by Gasteiger charge is 2.11. The van der Waals surface area contributed by atoms with Gasteiger partial charge in [0.1, 0.15) is 6.33 Å². The van der Waals surface area contributed by atoms with E-state index in [2.05, 4.69) is 81.7 Å². The summed E-state index contributed by atoms with van der Waals surface area (Å²) >= 11 is 6.13. The van der Waals surface area contributed by atoms with Crippen molar-refractivity contribution in [1.29, 1.82) is 0 Å². The van der Waals surface area contributed by atoms with Crippen molar-refractivity contribution in [1.82, 2.24) is 24.6 Å². The van der Waals surface area contributed by atoms with Crippen LogP contribution >= 0.6 is 11.6 Å². The molecule has 0 aliphatic heterocycles. The first kappa shape index (κ1) is 22.7. The summed E-state index contributed by atoms with van der Waals surface area (Å²) in [6, 6.07) is 13.8. The van der Waals surface area contributed by atoms with E-state index in [0.29, 0.717) is 16.5 Å². The van der Waals surface area contributed by atoms with Crippen LogP contribution < -0.4 is 10.3 Å². The standard InChI is InChI=1S/C24H27ClN8/c1-17-12-20(32(4)11-10-31(2)3)9-8-18(17)14-28-30-23-22-15-29-33(24(22)27-16-26-23)21-7-5-6-19(25)13-21/h5-9,12-16H,10-11H2,1-4H3,(H,26,27,30). The number of aromatic nitrogens is 4. The molecule has 2 aromatic heterocycles. The Hall–Kier alpha value is -3.49. The Balaban J connectivity index is 1.50.